The average molecular weight is 313 g/mol. The van der Waals surface area contributed by atoms with Gasteiger partial charge in [-0.15, -0.1) is 0 Å². The van der Waals surface area contributed by atoms with Crippen LogP contribution in [0.4, 0.5) is 5.69 Å². The summed E-state index contributed by atoms with van der Waals surface area (Å²) in [5.74, 6) is 1.82. The monoisotopic (exact) mass is 313 g/mol. The number of benzene rings is 2. The number of hydrogen-bond donors (Lipinski definition) is 1. The number of Topliss-reactive ketones (excluding diaryl/α,β-unsaturated/α-hetero) is 1. The molecule has 0 saturated carbocycles. The van der Waals surface area contributed by atoms with E-state index in [1.807, 2.05) is 36.4 Å². The Morgan fingerprint density at radius 2 is 1.65 bits per heavy atom. The SMILES string of the molecule is COc1cc([C@H]2CC(=O)c3ccccc3N2)cc(OC)c1OC. The van der Waals surface area contributed by atoms with Crippen molar-refractivity contribution < 1.29 is 19.0 Å². The van der Waals surface area contributed by atoms with Gasteiger partial charge in [-0.25, -0.2) is 0 Å². The van der Waals surface area contributed by atoms with Crippen LogP contribution in [-0.2, 0) is 0 Å². The normalized spacial score (nSPS) is 16.3. The van der Waals surface area contributed by atoms with E-state index in [1.165, 1.54) is 0 Å². The Bertz CT molecular complexity index is 717. The molecule has 0 aliphatic carbocycles. The fraction of sp³-hybridized carbons (Fsp3) is 0.278. The molecule has 0 unspecified atom stereocenters. The quantitative estimate of drug-likeness (QED) is 0.937. The standard InChI is InChI=1S/C18H19NO4/c1-21-16-8-11(9-17(22-2)18(16)23-3)14-10-15(20)12-6-4-5-7-13(12)19-14/h4-9,14,19H,10H2,1-3H3/t14-/m1/s1. The van der Waals surface area contributed by atoms with Crippen molar-refractivity contribution >= 4 is 11.5 Å². The smallest absolute Gasteiger partial charge is 0.203 e. The van der Waals surface area contributed by atoms with Gasteiger partial charge in [-0.3, -0.25) is 4.79 Å². The Morgan fingerprint density at radius 3 is 2.26 bits per heavy atom. The zero-order chi connectivity index (χ0) is 16.4. The summed E-state index contributed by atoms with van der Waals surface area (Å²) in [4.78, 5) is 12.4. The molecule has 1 heterocycles. The second kappa shape index (κ2) is 6.20. The topological polar surface area (TPSA) is 56.8 Å². The Balaban J connectivity index is 2.01. The van der Waals surface area contributed by atoms with Crippen molar-refractivity contribution in [3.05, 3.63) is 47.5 Å². The molecule has 120 valence electrons. The summed E-state index contributed by atoms with van der Waals surface area (Å²) in [6, 6.07) is 11.2. The van der Waals surface area contributed by atoms with E-state index in [1.54, 1.807) is 21.3 Å². The van der Waals surface area contributed by atoms with E-state index in [2.05, 4.69) is 5.32 Å². The van der Waals surface area contributed by atoms with Gasteiger partial charge in [-0.05, 0) is 29.8 Å². The van der Waals surface area contributed by atoms with Gasteiger partial charge in [0.1, 0.15) is 0 Å². The van der Waals surface area contributed by atoms with Gasteiger partial charge in [-0.2, -0.15) is 0 Å². The van der Waals surface area contributed by atoms with Crippen molar-refractivity contribution in [1.82, 2.24) is 0 Å². The molecule has 23 heavy (non-hydrogen) atoms. The molecule has 0 spiro atoms. The molecule has 1 N–H and O–H groups in total. The number of nitrogens with one attached hydrogen (secondary N) is 1. The molecule has 0 radical (unpaired) electrons. The number of anilines is 1. The van der Waals surface area contributed by atoms with E-state index < -0.39 is 0 Å². The molecule has 0 amide bonds. The van der Waals surface area contributed by atoms with E-state index >= 15 is 0 Å². The number of carbonyl (C=O) groups is 1. The summed E-state index contributed by atoms with van der Waals surface area (Å²) in [5.41, 5.74) is 2.50. The number of ketones is 1. The molecule has 0 aromatic heterocycles. The first-order chi connectivity index (χ1) is 11.2. The molecule has 1 atom stereocenters. The summed E-state index contributed by atoms with van der Waals surface area (Å²) in [5, 5.41) is 3.41. The lowest BCUT2D eigenvalue weighted by Gasteiger charge is -2.27. The van der Waals surface area contributed by atoms with E-state index in [0.717, 1.165) is 16.8 Å². The van der Waals surface area contributed by atoms with Crippen molar-refractivity contribution in [2.75, 3.05) is 26.6 Å². The summed E-state index contributed by atoms with van der Waals surface area (Å²) < 4.78 is 16.1. The predicted molar refractivity (Wildman–Crippen MR) is 87.9 cm³/mol. The van der Waals surface area contributed by atoms with Crippen molar-refractivity contribution in [1.29, 1.82) is 0 Å². The summed E-state index contributed by atoms with van der Waals surface area (Å²) in [6.45, 7) is 0. The van der Waals surface area contributed by atoms with Crippen molar-refractivity contribution in [3.63, 3.8) is 0 Å². The van der Waals surface area contributed by atoms with E-state index in [4.69, 9.17) is 14.2 Å². The molecule has 3 rings (SSSR count). The van der Waals surface area contributed by atoms with Gasteiger partial charge in [-0.1, -0.05) is 12.1 Å². The Morgan fingerprint density at radius 1 is 1.00 bits per heavy atom. The summed E-state index contributed by atoms with van der Waals surface area (Å²) in [6.07, 6.45) is 0.385. The average Bonchev–Trinajstić information content (AvgIpc) is 2.60. The maximum atomic E-state index is 12.4. The van der Waals surface area contributed by atoms with Crippen LogP contribution in [0, 0.1) is 0 Å². The van der Waals surface area contributed by atoms with Crippen molar-refractivity contribution in [2.45, 2.75) is 12.5 Å². The van der Waals surface area contributed by atoms with Crippen LogP contribution >= 0.6 is 0 Å². The minimum absolute atomic E-state index is 0.123. The van der Waals surface area contributed by atoms with E-state index in [9.17, 15) is 4.79 Å². The first-order valence-corrected chi connectivity index (χ1v) is 7.36. The number of carbonyl (C=O) groups excluding carboxylic acids is 1. The molecule has 5 heteroatoms. The summed E-state index contributed by atoms with van der Waals surface area (Å²) >= 11 is 0. The van der Waals surface area contributed by atoms with Gasteiger partial charge in [0.2, 0.25) is 5.75 Å². The van der Waals surface area contributed by atoms with Gasteiger partial charge in [0.25, 0.3) is 0 Å². The lowest BCUT2D eigenvalue weighted by atomic mass is 9.92. The van der Waals surface area contributed by atoms with Crippen molar-refractivity contribution in [3.8, 4) is 17.2 Å². The minimum Gasteiger partial charge on any atom is -0.493 e. The largest absolute Gasteiger partial charge is 0.493 e. The molecule has 1 aliphatic rings. The Hall–Kier alpha value is -2.69. The molecule has 0 fully saturated rings. The zero-order valence-electron chi connectivity index (χ0n) is 13.4. The van der Waals surface area contributed by atoms with Crippen LogP contribution in [-0.4, -0.2) is 27.1 Å². The molecule has 0 bridgehead atoms. The number of methoxy groups -OCH3 is 3. The van der Waals surface area contributed by atoms with Crippen molar-refractivity contribution in [2.24, 2.45) is 0 Å². The fourth-order valence-electron chi connectivity index (χ4n) is 2.89. The minimum atomic E-state index is -0.133. The van der Waals surface area contributed by atoms with Crippen LogP contribution in [0.2, 0.25) is 0 Å². The molecule has 5 nitrogen and oxygen atoms in total. The second-order valence-electron chi connectivity index (χ2n) is 5.33. The van der Waals surface area contributed by atoms with Crippen LogP contribution in [0.5, 0.6) is 17.2 Å². The third kappa shape index (κ3) is 2.70. The van der Waals surface area contributed by atoms with E-state index in [-0.39, 0.29) is 11.8 Å². The fourth-order valence-corrected chi connectivity index (χ4v) is 2.89. The van der Waals surface area contributed by atoms with Crippen LogP contribution < -0.4 is 19.5 Å². The molecule has 1 aliphatic heterocycles. The number of rotatable bonds is 4. The number of ether oxygens (including phenoxy) is 3. The maximum absolute atomic E-state index is 12.4. The first kappa shape index (κ1) is 15.2. The van der Waals surface area contributed by atoms with E-state index in [0.29, 0.717) is 23.7 Å². The third-order valence-electron chi connectivity index (χ3n) is 4.04. The lowest BCUT2D eigenvalue weighted by molar-refractivity contribution is 0.0972. The maximum Gasteiger partial charge on any atom is 0.203 e. The van der Waals surface area contributed by atoms with Gasteiger partial charge < -0.3 is 19.5 Å². The van der Waals surface area contributed by atoms with Crippen LogP contribution in [0.3, 0.4) is 0 Å². The van der Waals surface area contributed by atoms with Gasteiger partial charge >= 0.3 is 0 Å². The van der Waals surface area contributed by atoms with Gasteiger partial charge in [0.05, 0.1) is 27.4 Å². The highest BCUT2D eigenvalue weighted by atomic mass is 16.5. The highest BCUT2D eigenvalue weighted by molar-refractivity contribution is 6.03. The molecular formula is C18H19NO4. The predicted octanol–water partition coefficient (Wildman–Crippen LogP) is 3.45. The highest BCUT2D eigenvalue weighted by Gasteiger charge is 2.27. The van der Waals surface area contributed by atoms with Crippen LogP contribution in [0.1, 0.15) is 28.4 Å². The Kier molecular flexibility index (Phi) is 4.10. The number of fused-ring (bicyclic) bond motifs is 1. The second-order valence-corrected chi connectivity index (χ2v) is 5.33. The molecule has 2 aromatic rings. The third-order valence-corrected chi connectivity index (χ3v) is 4.04. The molecule has 2 aromatic carbocycles. The molecule has 0 saturated heterocycles. The number of hydrogen-bond acceptors (Lipinski definition) is 5. The molecular weight excluding hydrogens is 294 g/mol. The lowest BCUT2D eigenvalue weighted by Crippen LogP contribution is -2.22. The van der Waals surface area contributed by atoms with Crippen LogP contribution in [0.15, 0.2) is 36.4 Å². The number of para-hydroxylation sites is 1. The van der Waals surface area contributed by atoms with Gasteiger partial charge in [0.15, 0.2) is 17.3 Å². The summed E-state index contributed by atoms with van der Waals surface area (Å²) in [7, 11) is 4.73. The van der Waals surface area contributed by atoms with Gasteiger partial charge in [0, 0.05) is 17.7 Å². The van der Waals surface area contributed by atoms with Crippen LogP contribution in [0.25, 0.3) is 0 Å². The Labute approximate surface area is 135 Å². The highest BCUT2D eigenvalue weighted by Crippen LogP contribution is 2.42. The first-order valence-electron chi connectivity index (χ1n) is 7.36. The zero-order valence-corrected chi connectivity index (χ0v) is 13.4.